The van der Waals surface area contributed by atoms with Gasteiger partial charge in [-0.1, -0.05) is 23.2 Å². The first-order chi connectivity index (χ1) is 18.2. The molecule has 2 saturated heterocycles. The van der Waals surface area contributed by atoms with Crippen molar-refractivity contribution in [3.8, 4) is 17.0 Å². The summed E-state index contributed by atoms with van der Waals surface area (Å²) in [5.41, 5.74) is 2.96. The lowest BCUT2D eigenvalue weighted by Gasteiger charge is -2.38. The smallest absolute Gasteiger partial charge is 0.225 e. The number of aromatic nitrogens is 5. The van der Waals surface area contributed by atoms with Crippen LogP contribution in [0.25, 0.3) is 22.2 Å². The number of aromatic amines is 1. The van der Waals surface area contributed by atoms with E-state index in [4.69, 9.17) is 27.9 Å². The molecule has 2 fully saturated rings. The van der Waals surface area contributed by atoms with Crippen LogP contribution in [0.1, 0.15) is 37.9 Å². The maximum absolute atomic E-state index is 12.0. The monoisotopic (exact) mass is 572 g/mol. The van der Waals surface area contributed by atoms with Crippen molar-refractivity contribution in [3.05, 3.63) is 58.6 Å². The van der Waals surface area contributed by atoms with E-state index in [1.54, 1.807) is 24.8 Å². The molecule has 2 aliphatic rings. The van der Waals surface area contributed by atoms with Crippen LogP contribution < -0.4 is 9.64 Å². The lowest BCUT2D eigenvalue weighted by atomic mass is 9.78. The normalized spacial score (nSPS) is 19.2. The maximum Gasteiger partial charge on any atom is 0.225 e. The van der Waals surface area contributed by atoms with Crippen molar-refractivity contribution >= 4 is 49.9 Å². The standard InChI is InChI=1S/C26H26Cl2N6O3S/c1-16(23-20(27)13-29-14-21(23)28)37-18-2-3-22-19(10-18)24(33-32-22)17-11-30-25(31-12-17)34-7-4-26(5-8-34)6-9-38(35,36)15-26/h2-3,10-14,16H,4-9,15H2,1H3,(H,32,33)/t16-/m1/s1. The van der Waals surface area contributed by atoms with Crippen LogP contribution >= 0.6 is 23.2 Å². The minimum absolute atomic E-state index is 0.0748. The molecule has 0 aliphatic carbocycles. The van der Waals surface area contributed by atoms with Gasteiger partial charge in [0.2, 0.25) is 5.95 Å². The van der Waals surface area contributed by atoms with E-state index in [0.717, 1.165) is 54.5 Å². The Bertz CT molecular complexity index is 1580. The summed E-state index contributed by atoms with van der Waals surface area (Å²) in [5.74, 6) is 1.92. The number of H-pyrrole nitrogens is 1. The molecule has 3 aromatic heterocycles. The number of nitrogens with one attached hydrogen (secondary N) is 1. The number of benzene rings is 1. The van der Waals surface area contributed by atoms with Crippen molar-refractivity contribution in [3.63, 3.8) is 0 Å². The fourth-order valence-electron chi connectivity index (χ4n) is 5.52. The van der Waals surface area contributed by atoms with Gasteiger partial charge in [-0.25, -0.2) is 18.4 Å². The third kappa shape index (κ3) is 4.81. The molecule has 9 nitrogen and oxygen atoms in total. The van der Waals surface area contributed by atoms with E-state index in [1.807, 2.05) is 25.1 Å². The summed E-state index contributed by atoms with van der Waals surface area (Å²) < 4.78 is 30.2. The summed E-state index contributed by atoms with van der Waals surface area (Å²) in [4.78, 5) is 15.4. The van der Waals surface area contributed by atoms with Crippen LogP contribution in [0.2, 0.25) is 10.0 Å². The number of pyridine rings is 1. The number of fused-ring (bicyclic) bond motifs is 1. The summed E-state index contributed by atoms with van der Waals surface area (Å²) >= 11 is 12.6. The van der Waals surface area contributed by atoms with Gasteiger partial charge >= 0.3 is 0 Å². The van der Waals surface area contributed by atoms with Crippen molar-refractivity contribution in [2.75, 3.05) is 29.5 Å². The van der Waals surface area contributed by atoms with Crippen molar-refractivity contribution in [2.45, 2.75) is 32.3 Å². The number of sulfone groups is 1. The first kappa shape index (κ1) is 25.3. The predicted octanol–water partition coefficient (Wildman–Crippen LogP) is 5.27. The van der Waals surface area contributed by atoms with E-state index in [0.29, 0.717) is 38.8 Å². The molecule has 38 heavy (non-hydrogen) atoms. The summed E-state index contributed by atoms with van der Waals surface area (Å²) in [6.45, 7) is 3.39. The van der Waals surface area contributed by atoms with E-state index >= 15 is 0 Å². The number of anilines is 1. The van der Waals surface area contributed by atoms with Gasteiger partial charge in [-0.05, 0) is 49.8 Å². The van der Waals surface area contributed by atoms with Crippen LogP contribution in [0.4, 0.5) is 5.95 Å². The van der Waals surface area contributed by atoms with E-state index in [2.05, 4.69) is 30.0 Å². The topological polar surface area (TPSA) is 114 Å². The number of piperidine rings is 1. The molecule has 198 valence electrons. The summed E-state index contributed by atoms with van der Waals surface area (Å²) in [7, 11) is -2.90. The van der Waals surface area contributed by atoms with Crippen LogP contribution in [0.3, 0.4) is 0 Å². The predicted molar refractivity (Wildman–Crippen MR) is 148 cm³/mol. The molecule has 5 heterocycles. The summed E-state index contributed by atoms with van der Waals surface area (Å²) in [6.07, 6.45) is 8.71. The lowest BCUT2D eigenvalue weighted by Crippen LogP contribution is -2.41. The minimum Gasteiger partial charge on any atom is -0.486 e. The second-order valence-corrected chi connectivity index (χ2v) is 13.2. The van der Waals surface area contributed by atoms with Gasteiger partial charge < -0.3 is 9.64 Å². The Morgan fingerprint density at radius 1 is 1.05 bits per heavy atom. The number of halogens is 2. The van der Waals surface area contributed by atoms with Crippen LogP contribution in [0.5, 0.6) is 5.75 Å². The number of ether oxygens (including phenoxy) is 1. The molecule has 0 bridgehead atoms. The van der Waals surface area contributed by atoms with E-state index in [1.165, 1.54) is 0 Å². The number of hydrogen-bond acceptors (Lipinski definition) is 8. The molecule has 1 aromatic carbocycles. The van der Waals surface area contributed by atoms with Crippen molar-refractivity contribution in [1.29, 1.82) is 0 Å². The Kier molecular flexibility index (Phi) is 6.44. The molecule has 4 aromatic rings. The quantitative estimate of drug-likeness (QED) is 0.344. The van der Waals surface area contributed by atoms with Gasteiger partial charge in [-0.3, -0.25) is 10.1 Å². The molecule has 0 unspecified atom stereocenters. The van der Waals surface area contributed by atoms with Crippen LogP contribution in [0.15, 0.2) is 43.0 Å². The molecular formula is C26H26Cl2N6O3S. The first-order valence-electron chi connectivity index (χ1n) is 12.4. The van der Waals surface area contributed by atoms with Gasteiger partial charge in [0.15, 0.2) is 9.84 Å². The molecule has 0 amide bonds. The van der Waals surface area contributed by atoms with E-state index in [9.17, 15) is 8.42 Å². The summed E-state index contributed by atoms with van der Waals surface area (Å²) in [6, 6.07) is 5.69. The zero-order valence-corrected chi connectivity index (χ0v) is 23.0. The molecule has 1 N–H and O–H groups in total. The van der Waals surface area contributed by atoms with Crippen LogP contribution in [-0.2, 0) is 9.84 Å². The van der Waals surface area contributed by atoms with Crippen LogP contribution in [0, 0.1) is 5.41 Å². The molecular weight excluding hydrogens is 547 g/mol. The molecule has 1 spiro atoms. The fourth-order valence-corrected chi connectivity index (χ4v) is 8.45. The molecule has 12 heteroatoms. The fraction of sp³-hybridized carbons (Fsp3) is 0.385. The highest BCUT2D eigenvalue weighted by atomic mass is 35.5. The zero-order chi connectivity index (χ0) is 26.5. The Morgan fingerprint density at radius 3 is 2.42 bits per heavy atom. The highest BCUT2D eigenvalue weighted by Gasteiger charge is 2.44. The first-order valence-corrected chi connectivity index (χ1v) is 15.0. The van der Waals surface area contributed by atoms with Gasteiger partial charge in [0.25, 0.3) is 0 Å². The van der Waals surface area contributed by atoms with Gasteiger partial charge in [-0.2, -0.15) is 5.10 Å². The van der Waals surface area contributed by atoms with Gasteiger partial charge in [-0.15, -0.1) is 0 Å². The van der Waals surface area contributed by atoms with Crippen molar-refractivity contribution in [2.24, 2.45) is 5.41 Å². The van der Waals surface area contributed by atoms with Crippen molar-refractivity contribution < 1.29 is 13.2 Å². The molecule has 0 saturated carbocycles. The Balaban J connectivity index is 1.19. The third-order valence-corrected chi connectivity index (χ3v) is 10.1. The summed E-state index contributed by atoms with van der Waals surface area (Å²) in [5, 5.41) is 9.33. The van der Waals surface area contributed by atoms with Gasteiger partial charge in [0.05, 0.1) is 27.1 Å². The maximum atomic E-state index is 12.0. The van der Waals surface area contributed by atoms with Crippen molar-refractivity contribution in [1.82, 2.24) is 25.1 Å². The highest BCUT2D eigenvalue weighted by molar-refractivity contribution is 7.91. The van der Waals surface area contributed by atoms with E-state index < -0.39 is 9.84 Å². The Hall–Kier alpha value is -2.95. The lowest BCUT2D eigenvalue weighted by molar-refractivity contribution is 0.227. The van der Waals surface area contributed by atoms with Crippen LogP contribution in [-0.4, -0.2) is 58.2 Å². The largest absolute Gasteiger partial charge is 0.486 e. The average molecular weight is 574 g/mol. The van der Waals surface area contributed by atoms with E-state index in [-0.39, 0.29) is 11.5 Å². The Labute approximate surface area is 230 Å². The second-order valence-electron chi connectivity index (χ2n) is 10.2. The molecule has 0 radical (unpaired) electrons. The second kappa shape index (κ2) is 9.66. The molecule has 6 rings (SSSR count). The number of rotatable bonds is 5. The molecule has 1 atom stereocenters. The van der Waals surface area contributed by atoms with Gasteiger partial charge in [0.1, 0.15) is 17.5 Å². The third-order valence-electron chi connectivity index (χ3n) is 7.63. The highest BCUT2D eigenvalue weighted by Crippen LogP contribution is 2.42. The Morgan fingerprint density at radius 2 is 1.76 bits per heavy atom. The molecule has 2 aliphatic heterocycles. The minimum atomic E-state index is -2.90. The average Bonchev–Trinajstić information content (AvgIpc) is 3.44. The SMILES string of the molecule is C[C@@H](Oc1ccc2[nH]nc(-c3cnc(N4CCC5(CC4)CCS(=O)(=O)C5)nc3)c2c1)c1c(Cl)cncc1Cl. The number of hydrogen-bond donors (Lipinski definition) is 1. The van der Waals surface area contributed by atoms with Gasteiger partial charge in [0, 0.05) is 54.4 Å². The zero-order valence-electron chi connectivity index (χ0n) is 20.7. The number of nitrogens with zero attached hydrogens (tertiary/aromatic N) is 5.